The van der Waals surface area contributed by atoms with Crippen molar-refractivity contribution in [1.82, 2.24) is 4.90 Å². The van der Waals surface area contributed by atoms with Crippen molar-refractivity contribution in [3.8, 4) is 0 Å². The molecule has 132 valence electrons. The Morgan fingerprint density at radius 2 is 1.79 bits per heavy atom. The van der Waals surface area contributed by atoms with Gasteiger partial charge in [-0.05, 0) is 49.3 Å². The van der Waals surface area contributed by atoms with Crippen molar-refractivity contribution in [2.24, 2.45) is 5.92 Å². The number of piperidine rings is 1. The van der Waals surface area contributed by atoms with Gasteiger partial charge in [0.15, 0.2) is 0 Å². The Kier molecular flexibility index (Phi) is 6.10. The number of nitrogens with one attached hydrogen (secondary N) is 1. The highest BCUT2D eigenvalue weighted by Crippen LogP contribution is 2.22. The Morgan fingerprint density at radius 3 is 2.42 bits per heavy atom. The average molecular weight is 332 g/mol. The molecule has 0 unspecified atom stereocenters. The van der Waals surface area contributed by atoms with Crippen LogP contribution in [0.15, 0.2) is 24.3 Å². The molecule has 5 nitrogen and oxygen atoms in total. The summed E-state index contributed by atoms with van der Waals surface area (Å²) in [5.74, 6) is 0.341. The number of aliphatic hydroxyl groups excluding tert-OH is 1. The van der Waals surface area contributed by atoms with Crippen LogP contribution in [-0.2, 0) is 11.3 Å². The van der Waals surface area contributed by atoms with Crippen molar-refractivity contribution in [2.45, 2.75) is 51.2 Å². The zero-order valence-corrected chi connectivity index (χ0v) is 14.2. The number of amides is 2. The molecule has 2 fully saturated rings. The van der Waals surface area contributed by atoms with E-state index in [1.165, 1.54) is 25.7 Å². The molecule has 1 saturated carbocycles. The van der Waals surface area contributed by atoms with E-state index in [4.69, 9.17) is 9.84 Å². The zero-order chi connectivity index (χ0) is 16.8. The number of nitrogens with zero attached hydrogens (tertiary/aromatic N) is 1. The number of carbonyl (C=O) groups is 1. The molecule has 0 atom stereocenters. The molecule has 1 saturated heterocycles. The van der Waals surface area contributed by atoms with Crippen LogP contribution >= 0.6 is 0 Å². The highest BCUT2D eigenvalue weighted by Gasteiger charge is 2.22. The maximum absolute atomic E-state index is 12.3. The summed E-state index contributed by atoms with van der Waals surface area (Å²) in [6.45, 7) is 2.29. The van der Waals surface area contributed by atoms with Crippen LogP contribution in [0.2, 0.25) is 0 Å². The van der Waals surface area contributed by atoms with Crippen LogP contribution in [-0.4, -0.2) is 41.8 Å². The van der Waals surface area contributed by atoms with Gasteiger partial charge in [-0.1, -0.05) is 25.0 Å². The first kappa shape index (κ1) is 17.2. The van der Waals surface area contributed by atoms with Crippen LogP contribution in [0.1, 0.15) is 44.1 Å². The Balaban J connectivity index is 1.44. The lowest BCUT2D eigenvalue weighted by Gasteiger charge is -2.31. The van der Waals surface area contributed by atoms with Crippen molar-refractivity contribution in [1.29, 1.82) is 0 Å². The van der Waals surface area contributed by atoms with Crippen LogP contribution < -0.4 is 5.32 Å². The van der Waals surface area contributed by atoms with Gasteiger partial charge >= 0.3 is 6.03 Å². The smallest absolute Gasteiger partial charge is 0.321 e. The lowest BCUT2D eigenvalue weighted by atomic mass is 9.98. The third kappa shape index (κ3) is 4.71. The molecule has 3 rings (SSSR count). The second-order valence-corrected chi connectivity index (χ2v) is 6.96. The molecule has 0 aromatic heterocycles. The van der Waals surface area contributed by atoms with Gasteiger partial charge < -0.3 is 20.1 Å². The molecule has 1 aromatic carbocycles. The molecule has 1 aliphatic carbocycles. The second kappa shape index (κ2) is 8.49. The number of anilines is 1. The molecule has 1 heterocycles. The van der Waals surface area contributed by atoms with Gasteiger partial charge in [0.05, 0.1) is 12.7 Å². The Hall–Kier alpha value is -1.59. The van der Waals surface area contributed by atoms with Crippen molar-refractivity contribution >= 4 is 11.7 Å². The number of ether oxygens (including phenoxy) is 1. The Morgan fingerprint density at radius 1 is 1.12 bits per heavy atom. The largest absolute Gasteiger partial charge is 0.396 e. The number of aliphatic hydroxyl groups is 1. The van der Waals surface area contributed by atoms with Gasteiger partial charge in [-0.3, -0.25) is 0 Å². The fraction of sp³-hybridized carbons (Fsp3) is 0.632. The molecule has 2 aliphatic rings. The predicted octanol–water partition coefficient (Wildman–Crippen LogP) is 3.38. The molecule has 0 radical (unpaired) electrons. The summed E-state index contributed by atoms with van der Waals surface area (Å²) >= 11 is 0. The van der Waals surface area contributed by atoms with E-state index in [1.807, 2.05) is 29.2 Å². The van der Waals surface area contributed by atoms with Gasteiger partial charge in [-0.25, -0.2) is 4.79 Å². The highest BCUT2D eigenvalue weighted by molar-refractivity contribution is 5.89. The van der Waals surface area contributed by atoms with E-state index in [2.05, 4.69) is 5.32 Å². The van der Waals surface area contributed by atoms with E-state index in [0.29, 0.717) is 31.7 Å². The maximum Gasteiger partial charge on any atom is 0.321 e. The van der Waals surface area contributed by atoms with Crippen molar-refractivity contribution in [3.63, 3.8) is 0 Å². The average Bonchev–Trinajstić information content (AvgIpc) is 3.15. The second-order valence-electron chi connectivity index (χ2n) is 6.96. The first-order valence-electron chi connectivity index (χ1n) is 9.12. The highest BCUT2D eigenvalue weighted by atomic mass is 16.5. The zero-order valence-electron chi connectivity index (χ0n) is 14.2. The summed E-state index contributed by atoms with van der Waals surface area (Å²) in [6.07, 6.45) is 7.10. The van der Waals surface area contributed by atoms with E-state index in [9.17, 15) is 4.79 Å². The number of hydrogen-bond donors (Lipinski definition) is 2. The lowest BCUT2D eigenvalue weighted by Crippen LogP contribution is -2.41. The number of rotatable bonds is 5. The van der Waals surface area contributed by atoms with E-state index in [1.54, 1.807) is 0 Å². The summed E-state index contributed by atoms with van der Waals surface area (Å²) < 4.78 is 5.91. The standard InChI is InChI=1S/C19H28N2O3/c22-13-15-9-11-21(12-10-15)19(23)20-17-7-5-16(6-8-17)14-24-18-3-1-2-4-18/h5-8,15,18,22H,1-4,9-14H2,(H,20,23). The van der Waals surface area contributed by atoms with Gasteiger partial charge in [0.1, 0.15) is 0 Å². The van der Waals surface area contributed by atoms with E-state index >= 15 is 0 Å². The molecule has 2 amide bonds. The minimum absolute atomic E-state index is 0.0543. The molecular weight excluding hydrogens is 304 g/mol. The minimum atomic E-state index is -0.0543. The number of urea groups is 1. The SMILES string of the molecule is O=C(Nc1ccc(COC2CCCC2)cc1)N1CCC(CO)CC1. The molecule has 1 aliphatic heterocycles. The first-order chi connectivity index (χ1) is 11.7. The Bertz CT molecular complexity index is 518. The van der Waals surface area contributed by atoms with Crippen molar-refractivity contribution in [3.05, 3.63) is 29.8 Å². The monoisotopic (exact) mass is 332 g/mol. The van der Waals surface area contributed by atoms with Crippen molar-refractivity contribution in [2.75, 3.05) is 25.0 Å². The number of benzene rings is 1. The summed E-state index contributed by atoms with van der Waals surface area (Å²) in [6, 6.07) is 7.85. The third-order valence-corrected chi connectivity index (χ3v) is 5.15. The Labute approximate surface area is 144 Å². The van der Waals surface area contributed by atoms with Crippen LogP contribution in [0, 0.1) is 5.92 Å². The summed E-state index contributed by atoms with van der Waals surface area (Å²) in [7, 11) is 0. The predicted molar refractivity (Wildman–Crippen MR) is 93.9 cm³/mol. The fourth-order valence-corrected chi connectivity index (χ4v) is 3.47. The molecule has 2 N–H and O–H groups in total. The molecular formula is C19H28N2O3. The lowest BCUT2D eigenvalue weighted by molar-refractivity contribution is 0.0457. The van der Waals surface area contributed by atoms with Crippen LogP contribution in [0.5, 0.6) is 0 Å². The quantitative estimate of drug-likeness (QED) is 0.869. The van der Waals surface area contributed by atoms with Gasteiger partial charge in [-0.2, -0.15) is 0 Å². The van der Waals surface area contributed by atoms with Crippen molar-refractivity contribution < 1.29 is 14.6 Å². The number of likely N-dealkylation sites (tertiary alicyclic amines) is 1. The number of carbonyl (C=O) groups excluding carboxylic acids is 1. The summed E-state index contributed by atoms with van der Waals surface area (Å²) in [4.78, 5) is 14.1. The normalized spacial score (nSPS) is 19.6. The van der Waals surface area contributed by atoms with E-state index < -0.39 is 0 Å². The van der Waals surface area contributed by atoms with Crippen LogP contribution in [0.3, 0.4) is 0 Å². The van der Waals surface area contributed by atoms with E-state index in [-0.39, 0.29) is 12.6 Å². The summed E-state index contributed by atoms with van der Waals surface area (Å²) in [5, 5.41) is 12.1. The fourth-order valence-electron chi connectivity index (χ4n) is 3.47. The first-order valence-corrected chi connectivity index (χ1v) is 9.12. The van der Waals surface area contributed by atoms with Gasteiger partial charge in [-0.15, -0.1) is 0 Å². The van der Waals surface area contributed by atoms with Gasteiger partial charge in [0.2, 0.25) is 0 Å². The minimum Gasteiger partial charge on any atom is -0.396 e. The molecule has 5 heteroatoms. The molecule has 24 heavy (non-hydrogen) atoms. The maximum atomic E-state index is 12.3. The topological polar surface area (TPSA) is 61.8 Å². The number of hydrogen-bond acceptors (Lipinski definition) is 3. The van der Waals surface area contributed by atoms with E-state index in [0.717, 1.165) is 24.1 Å². The van der Waals surface area contributed by atoms with Gasteiger partial charge in [0, 0.05) is 25.4 Å². The van der Waals surface area contributed by atoms with Crippen LogP contribution in [0.25, 0.3) is 0 Å². The third-order valence-electron chi connectivity index (χ3n) is 5.15. The molecule has 0 spiro atoms. The molecule has 0 bridgehead atoms. The summed E-state index contributed by atoms with van der Waals surface area (Å²) in [5.41, 5.74) is 1.96. The van der Waals surface area contributed by atoms with Crippen LogP contribution in [0.4, 0.5) is 10.5 Å². The van der Waals surface area contributed by atoms with Gasteiger partial charge in [0.25, 0.3) is 0 Å². The molecule has 1 aromatic rings.